The molecule has 0 fully saturated rings. The van der Waals surface area contributed by atoms with E-state index in [4.69, 9.17) is 11.6 Å². The summed E-state index contributed by atoms with van der Waals surface area (Å²) in [5, 5.41) is 6.87. The van der Waals surface area contributed by atoms with Gasteiger partial charge >= 0.3 is 0 Å². The number of carbonyl (C=O) groups is 1. The van der Waals surface area contributed by atoms with Crippen molar-refractivity contribution in [2.24, 2.45) is 0 Å². The molecular weight excluding hydrogens is 346 g/mol. The molecule has 0 radical (unpaired) electrons. The Hall–Kier alpha value is -2.85. The number of aromatic nitrogens is 1. The first-order valence-electron chi connectivity index (χ1n) is 8.42. The average Bonchev–Trinajstić information content (AvgIpc) is 2.62. The van der Waals surface area contributed by atoms with Gasteiger partial charge in [0, 0.05) is 23.5 Å². The highest BCUT2D eigenvalue weighted by Gasteiger charge is 2.07. The second-order valence-corrected chi connectivity index (χ2v) is 6.50. The molecule has 0 atom stereocenters. The summed E-state index contributed by atoms with van der Waals surface area (Å²) in [5.74, 6) is 0.563. The normalized spacial score (nSPS) is 10.4. The van der Waals surface area contributed by atoms with E-state index in [1.165, 1.54) is 5.56 Å². The smallest absolute Gasteiger partial charge is 0.257 e. The summed E-state index contributed by atoms with van der Waals surface area (Å²) in [5.41, 5.74) is 3.56. The molecule has 3 aromatic rings. The summed E-state index contributed by atoms with van der Waals surface area (Å²) in [6.45, 7) is 2.73. The Labute approximate surface area is 158 Å². The van der Waals surface area contributed by atoms with Crippen LogP contribution in [0.3, 0.4) is 0 Å². The average molecular weight is 366 g/mol. The highest BCUT2D eigenvalue weighted by atomic mass is 35.5. The zero-order valence-corrected chi connectivity index (χ0v) is 15.3. The molecule has 3 rings (SSSR count). The van der Waals surface area contributed by atoms with E-state index in [0.717, 1.165) is 35.1 Å². The van der Waals surface area contributed by atoms with Crippen molar-refractivity contribution < 1.29 is 4.79 Å². The Balaban J connectivity index is 1.53. The highest BCUT2D eigenvalue weighted by molar-refractivity contribution is 6.30. The van der Waals surface area contributed by atoms with Gasteiger partial charge < -0.3 is 10.6 Å². The number of carbonyl (C=O) groups excluding carboxylic acids is 1. The van der Waals surface area contributed by atoms with Gasteiger partial charge in [0.15, 0.2) is 0 Å². The molecule has 1 heterocycles. The van der Waals surface area contributed by atoms with E-state index in [1.54, 1.807) is 12.3 Å². The van der Waals surface area contributed by atoms with Crippen LogP contribution < -0.4 is 10.6 Å². The van der Waals surface area contributed by atoms with Crippen LogP contribution in [-0.4, -0.2) is 17.4 Å². The zero-order valence-electron chi connectivity index (χ0n) is 14.5. The molecule has 0 aliphatic heterocycles. The molecule has 132 valence electrons. The number of aryl methyl sites for hydroxylation is 1. The zero-order chi connectivity index (χ0) is 18.4. The molecule has 0 aliphatic rings. The number of halogens is 1. The van der Waals surface area contributed by atoms with Crippen molar-refractivity contribution in [1.29, 1.82) is 0 Å². The van der Waals surface area contributed by atoms with E-state index in [9.17, 15) is 4.79 Å². The fourth-order valence-electron chi connectivity index (χ4n) is 2.59. The van der Waals surface area contributed by atoms with Crippen LogP contribution in [0.2, 0.25) is 5.02 Å². The number of benzene rings is 2. The van der Waals surface area contributed by atoms with Crippen LogP contribution in [0, 0.1) is 6.92 Å². The van der Waals surface area contributed by atoms with Crippen molar-refractivity contribution in [3.63, 3.8) is 0 Å². The number of hydrogen-bond donors (Lipinski definition) is 2. The molecule has 0 spiro atoms. The highest BCUT2D eigenvalue weighted by Crippen LogP contribution is 2.13. The number of amides is 1. The molecule has 0 bridgehead atoms. The van der Waals surface area contributed by atoms with Gasteiger partial charge in [-0.05, 0) is 60.9 Å². The van der Waals surface area contributed by atoms with E-state index in [-0.39, 0.29) is 5.91 Å². The van der Waals surface area contributed by atoms with E-state index < -0.39 is 0 Å². The number of pyridine rings is 1. The molecule has 0 saturated carbocycles. The first-order chi connectivity index (χ1) is 12.6. The van der Waals surface area contributed by atoms with Crippen molar-refractivity contribution in [3.8, 4) is 0 Å². The van der Waals surface area contributed by atoms with Crippen LogP contribution in [0.25, 0.3) is 0 Å². The first-order valence-corrected chi connectivity index (χ1v) is 8.80. The van der Waals surface area contributed by atoms with Crippen LogP contribution in [0.5, 0.6) is 0 Å². The van der Waals surface area contributed by atoms with Crippen LogP contribution in [0.4, 0.5) is 11.5 Å². The van der Waals surface area contributed by atoms with Gasteiger partial charge in [0.25, 0.3) is 5.91 Å². The predicted octanol–water partition coefficient (Wildman–Crippen LogP) is 4.95. The lowest BCUT2D eigenvalue weighted by atomic mass is 10.1. The minimum atomic E-state index is -0.173. The number of anilines is 2. The van der Waals surface area contributed by atoms with Crippen molar-refractivity contribution in [1.82, 2.24) is 4.98 Å². The molecular formula is C21H20ClN3O. The maximum atomic E-state index is 12.3. The topological polar surface area (TPSA) is 54.0 Å². The molecule has 2 N–H and O–H groups in total. The molecule has 5 heteroatoms. The summed E-state index contributed by atoms with van der Waals surface area (Å²) >= 11 is 5.98. The molecule has 0 saturated heterocycles. The Bertz CT molecular complexity index is 894. The first kappa shape index (κ1) is 18.0. The van der Waals surface area contributed by atoms with Crippen molar-refractivity contribution in [2.75, 3.05) is 17.2 Å². The van der Waals surface area contributed by atoms with Crippen molar-refractivity contribution in [2.45, 2.75) is 13.3 Å². The lowest BCUT2D eigenvalue weighted by molar-refractivity contribution is 0.102. The van der Waals surface area contributed by atoms with Crippen molar-refractivity contribution in [3.05, 3.63) is 88.6 Å². The predicted molar refractivity (Wildman–Crippen MR) is 107 cm³/mol. The minimum Gasteiger partial charge on any atom is -0.370 e. The van der Waals surface area contributed by atoms with Crippen LogP contribution in [0.1, 0.15) is 21.5 Å². The Morgan fingerprint density at radius 2 is 1.92 bits per heavy atom. The third-order valence-corrected chi connectivity index (χ3v) is 4.15. The van der Waals surface area contributed by atoms with Gasteiger partial charge in [0.2, 0.25) is 0 Å². The number of rotatable bonds is 6. The largest absolute Gasteiger partial charge is 0.370 e. The van der Waals surface area contributed by atoms with Crippen molar-refractivity contribution >= 4 is 29.0 Å². The number of nitrogens with zero attached hydrogens (tertiary/aromatic N) is 1. The van der Waals surface area contributed by atoms with E-state index in [0.29, 0.717) is 5.56 Å². The summed E-state index contributed by atoms with van der Waals surface area (Å²) in [6, 6.07) is 19.1. The minimum absolute atomic E-state index is 0.173. The molecule has 2 aromatic carbocycles. The fraction of sp³-hybridized carbons (Fsp3) is 0.143. The van der Waals surface area contributed by atoms with E-state index in [1.807, 2.05) is 61.5 Å². The second kappa shape index (κ2) is 8.50. The molecule has 1 amide bonds. The second-order valence-electron chi connectivity index (χ2n) is 6.06. The summed E-state index contributed by atoms with van der Waals surface area (Å²) in [6.07, 6.45) is 2.42. The summed E-state index contributed by atoms with van der Waals surface area (Å²) in [7, 11) is 0. The number of nitrogens with one attached hydrogen (secondary N) is 2. The lowest BCUT2D eigenvalue weighted by Crippen LogP contribution is -2.13. The van der Waals surface area contributed by atoms with Crippen LogP contribution in [-0.2, 0) is 6.42 Å². The standard InChI is InChI=1S/C21H20ClN3O/c1-15-4-2-7-19(12-15)25-21(26)17-8-9-20(24-14-17)23-11-10-16-5-3-6-18(22)13-16/h2-9,12-14H,10-11H2,1H3,(H,23,24)(H,25,26). The lowest BCUT2D eigenvalue weighted by Gasteiger charge is -2.08. The van der Waals surface area contributed by atoms with Crippen LogP contribution >= 0.6 is 11.6 Å². The third kappa shape index (κ3) is 5.07. The molecule has 0 unspecified atom stereocenters. The maximum absolute atomic E-state index is 12.3. The van der Waals surface area contributed by atoms with Gasteiger partial charge in [-0.25, -0.2) is 4.98 Å². The van der Waals surface area contributed by atoms with E-state index >= 15 is 0 Å². The molecule has 26 heavy (non-hydrogen) atoms. The van der Waals surface area contributed by atoms with Gasteiger partial charge in [-0.1, -0.05) is 35.9 Å². The Morgan fingerprint density at radius 1 is 1.08 bits per heavy atom. The third-order valence-electron chi connectivity index (χ3n) is 3.91. The van der Waals surface area contributed by atoms with Gasteiger partial charge in [0.05, 0.1) is 5.56 Å². The summed E-state index contributed by atoms with van der Waals surface area (Å²) in [4.78, 5) is 16.6. The molecule has 1 aromatic heterocycles. The quantitative estimate of drug-likeness (QED) is 0.649. The van der Waals surface area contributed by atoms with Gasteiger partial charge in [-0.3, -0.25) is 4.79 Å². The molecule has 0 aliphatic carbocycles. The Kier molecular flexibility index (Phi) is 5.87. The van der Waals surface area contributed by atoms with Gasteiger partial charge in [0.1, 0.15) is 5.82 Å². The SMILES string of the molecule is Cc1cccc(NC(=O)c2ccc(NCCc3cccc(Cl)c3)nc2)c1. The van der Waals surface area contributed by atoms with Gasteiger partial charge in [-0.15, -0.1) is 0 Å². The number of hydrogen-bond acceptors (Lipinski definition) is 3. The fourth-order valence-corrected chi connectivity index (χ4v) is 2.80. The maximum Gasteiger partial charge on any atom is 0.257 e. The van der Waals surface area contributed by atoms with E-state index in [2.05, 4.69) is 15.6 Å². The van der Waals surface area contributed by atoms with Crippen LogP contribution in [0.15, 0.2) is 66.9 Å². The summed E-state index contributed by atoms with van der Waals surface area (Å²) < 4.78 is 0. The molecule has 4 nitrogen and oxygen atoms in total. The van der Waals surface area contributed by atoms with Gasteiger partial charge in [-0.2, -0.15) is 0 Å². The Morgan fingerprint density at radius 3 is 2.65 bits per heavy atom. The monoisotopic (exact) mass is 365 g/mol.